The predicted octanol–water partition coefficient (Wildman–Crippen LogP) is 4.79. The van der Waals surface area contributed by atoms with E-state index in [1.165, 1.54) is 12.1 Å². The van der Waals surface area contributed by atoms with Crippen LogP contribution in [-0.4, -0.2) is 41.4 Å². The Hall–Kier alpha value is -3.61. The van der Waals surface area contributed by atoms with E-state index in [-0.39, 0.29) is 34.5 Å². The first-order chi connectivity index (χ1) is 15.5. The van der Waals surface area contributed by atoms with Crippen LogP contribution in [0.5, 0.6) is 5.75 Å². The predicted molar refractivity (Wildman–Crippen MR) is 121 cm³/mol. The van der Waals surface area contributed by atoms with E-state index in [0.29, 0.717) is 17.7 Å². The molecular weight excluding hydrogens is 425 g/mol. The number of hydrogen-bond donors (Lipinski definition) is 0. The molecule has 6 nitrogen and oxygen atoms in total. The lowest BCUT2D eigenvalue weighted by Crippen LogP contribution is -2.33. The highest BCUT2D eigenvalue weighted by Gasteiger charge is 2.36. The quantitative estimate of drug-likeness (QED) is 0.327. The van der Waals surface area contributed by atoms with Crippen LogP contribution in [0.1, 0.15) is 65.2 Å². The number of carbonyl (C=O) groups is 4. The lowest BCUT2D eigenvalue weighted by molar-refractivity contribution is -0.115. The number of nitrogens with zero attached hydrogens (tertiary/aromatic N) is 1. The molecule has 0 N–H and O–H groups in total. The summed E-state index contributed by atoms with van der Waals surface area (Å²) in [7, 11) is 0. The van der Waals surface area contributed by atoms with Gasteiger partial charge in [-0.25, -0.2) is 4.39 Å². The van der Waals surface area contributed by atoms with Gasteiger partial charge in [-0.3, -0.25) is 24.1 Å². The van der Waals surface area contributed by atoms with Gasteiger partial charge in [0.25, 0.3) is 11.8 Å². The summed E-state index contributed by atoms with van der Waals surface area (Å²) in [4.78, 5) is 50.1. The average Bonchev–Trinajstić information content (AvgIpc) is 3.00. The number of ether oxygens (including phenoxy) is 1. The van der Waals surface area contributed by atoms with Gasteiger partial charge in [0.15, 0.2) is 17.4 Å². The number of imide groups is 1. The SMILES string of the molecule is CC(=O)/C(F)=C(\COc1ccc(C(=O)CC(C)(C)C)cc1)CN1C(=O)c2ccccc2C1=O. The molecule has 3 rings (SSSR count). The minimum atomic E-state index is -1.05. The minimum Gasteiger partial charge on any atom is -0.489 e. The van der Waals surface area contributed by atoms with Crippen molar-refractivity contribution < 1.29 is 28.3 Å². The Kier molecular flexibility index (Phi) is 6.91. The number of fused-ring (bicyclic) bond motifs is 1. The van der Waals surface area contributed by atoms with E-state index in [0.717, 1.165) is 11.8 Å². The normalized spacial score (nSPS) is 14.2. The van der Waals surface area contributed by atoms with Crippen LogP contribution in [0, 0.1) is 5.41 Å². The van der Waals surface area contributed by atoms with Gasteiger partial charge < -0.3 is 4.74 Å². The summed E-state index contributed by atoms with van der Waals surface area (Å²) in [6.07, 6.45) is 0.393. The van der Waals surface area contributed by atoms with Crippen LogP contribution >= 0.6 is 0 Å². The van der Waals surface area contributed by atoms with E-state index >= 15 is 0 Å². The molecule has 1 aliphatic heterocycles. The molecule has 0 radical (unpaired) electrons. The Balaban J connectivity index is 1.73. The van der Waals surface area contributed by atoms with Gasteiger partial charge in [-0.2, -0.15) is 0 Å². The maximum atomic E-state index is 14.6. The molecule has 172 valence electrons. The Morgan fingerprint density at radius 3 is 1.97 bits per heavy atom. The third-order valence-corrected chi connectivity index (χ3v) is 5.13. The van der Waals surface area contributed by atoms with Crippen molar-refractivity contribution >= 4 is 23.4 Å². The third kappa shape index (κ3) is 5.61. The second-order valence-corrected chi connectivity index (χ2v) is 9.19. The van der Waals surface area contributed by atoms with E-state index in [9.17, 15) is 23.6 Å². The van der Waals surface area contributed by atoms with E-state index < -0.39 is 30.0 Å². The standard InChI is InChI=1S/C26H26FNO5/c1-16(29)23(27)18(14-28-24(31)20-7-5-6-8-21(20)25(28)32)15-33-19-11-9-17(10-12-19)22(30)13-26(2,3)4/h5-12H,13-15H2,1-4H3/b23-18+. The third-order valence-electron chi connectivity index (χ3n) is 5.13. The van der Waals surface area contributed by atoms with Crippen LogP contribution < -0.4 is 4.74 Å². The fourth-order valence-corrected chi connectivity index (χ4v) is 3.49. The summed E-state index contributed by atoms with van der Waals surface area (Å²) in [6, 6.07) is 12.7. The van der Waals surface area contributed by atoms with Gasteiger partial charge >= 0.3 is 0 Å². The molecule has 33 heavy (non-hydrogen) atoms. The number of hydrogen-bond acceptors (Lipinski definition) is 5. The van der Waals surface area contributed by atoms with Crippen molar-refractivity contribution in [1.29, 1.82) is 0 Å². The summed E-state index contributed by atoms with van der Waals surface area (Å²) < 4.78 is 20.2. The van der Waals surface area contributed by atoms with Crippen LogP contribution in [0.3, 0.4) is 0 Å². The first kappa shape index (κ1) is 24.0. The molecule has 0 spiro atoms. The number of ketones is 2. The van der Waals surface area contributed by atoms with E-state index in [4.69, 9.17) is 4.74 Å². The van der Waals surface area contributed by atoms with Gasteiger partial charge in [-0.15, -0.1) is 0 Å². The smallest absolute Gasteiger partial charge is 0.261 e. The molecule has 1 aliphatic rings. The van der Waals surface area contributed by atoms with Gasteiger partial charge in [-0.05, 0) is 41.8 Å². The molecular formula is C26H26FNO5. The maximum Gasteiger partial charge on any atom is 0.261 e. The highest BCUT2D eigenvalue weighted by molar-refractivity contribution is 6.21. The monoisotopic (exact) mass is 451 g/mol. The fourth-order valence-electron chi connectivity index (χ4n) is 3.49. The van der Waals surface area contributed by atoms with Crippen LogP contribution in [0.25, 0.3) is 0 Å². The molecule has 0 aliphatic carbocycles. The molecule has 2 aromatic carbocycles. The number of carbonyl (C=O) groups excluding carboxylic acids is 4. The summed E-state index contributed by atoms with van der Waals surface area (Å²) >= 11 is 0. The maximum absolute atomic E-state index is 14.6. The van der Waals surface area contributed by atoms with E-state index in [1.807, 2.05) is 20.8 Å². The Morgan fingerprint density at radius 2 is 1.48 bits per heavy atom. The van der Waals surface area contributed by atoms with Gasteiger partial charge in [0.2, 0.25) is 0 Å². The molecule has 1 heterocycles. The summed E-state index contributed by atoms with van der Waals surface area (Å²) in [5.41, 5.74) is 0.752. The van der Waals surface area contributed by atoms with Gasteiger partial charge in [0, 0.05) is 24.5 Å². The van der Waals surface area contributed by atoms with Crippen LogP contribution in [0.4, 0.5) is 4.39 Å². The van der Waals surface area contributed by atoms with E-state index in [2.05, 4.69) is 0 Å². The molecule has 0 saturated carbocycles. The largest absolute Gasteiger partial charge is 0.489 e. The first-order valence-corrected chi connectivity index (χ1v) is 10.6. The number of Topliss-reactive ketones (excluding diaryl/α,β-unsaturated/α-hetero) is 2. The number of benzene rings is 2. The zero-order valence-corrected chi connectivity index (χ0v) is 19.1. The van der Waals surface area contributed by atoms with Crippen LogP contribution in [0.2, 0.25) is 0 Å². The van der Waals surface area contributed by atoms with Crippen molar-refractivity contribution in [2.45, 2.75) is 34.1 Å². The lowest BCUT2D eigenvalue weighted by atomic mass is 9.88. The van der Waals surface area contributed by atoms with Crippen molar-refractivity contribution in [1.82, 2.24) is 4.90 Å². The summed E-state index contributed by atoms with van der Waals surface area (Å²) in [5.74, 6) is -2.62. The molecule has 2 aromatic rings. The first-order valence-electron chi connectivity index (χ1n) is 10.6. The molecule has 0 unspecified atom stereocenters. The van der Waals surface area contributed by atoms with Gasteiger partial charge in [-0.1, -0.05) is 32.9 Å². The molecule has 0 bridgehead atoms. The van der Waals surface area contributed by atoms with Crippen molar-refractivity contribution in [3.63, 3.8) is 0 Å². The van der Waals surface area contributed by atoms with Gasteiger partial charge in [0.05, 0.1) is 17.7 Å². The minimum absolute atomic E-state index is 0.00267. The number of halogens is 1. The molecule has 0 aromatic heterocycles. The van der Waals surface area contributed by atoms with Crippen molar-refractivity contribution in [3.8, 4) is 5.75 Å². The average molecular weight is 451 g/mol. The summed E-state index contributed by atoms with van der Waals surface area (Å²) in [5, 5.41) is 0. The molecule has 7 heteroatoms. The molecule has 0 saturated heterocycles. The number of rotatable bonds is 8. The number of amides is 2. The lowest BCUT2D eigenvalue weighted by Gasteiger charge is -2.18. The van der Waals surface area contributed by atoms with Gasteiger partial charge in [0.1, 0.15) is 12.4 Å². The Morgan fingerprint density at radius 1 is 0.939 bits per heavy atom. The summed E-state index contributed by atoms with van der Waals surface area (Å²) in [6.45, 7) is 6.26. The van der Waals surface area contributed by atoms with Crippen molar-refractivity contribution in [2.75, 3.05) is 13.2 Å². The van der Waals surface area contributed by atoms with Crippen molar-refractivity contribution in [2.24, 2.45) is 5.41 Å². The topological polar surface area (TPSA) is 80.8 Å². The second kappa shape index (κ2) is 9.48. The Labute approximate surface area is 192 Å². The van der Waals surface area contributed by atoms with E-state index in [1.54, 1.807) is 36.4 Å². The number of allylic oxidation sites excluding steroid dienone is 1. The fraction of sp³-hybridized carbons (Fsp3) is 0.308. The zero-order valence-electron chi connectivity index (χ0n) is 19.1. The molecule has 0 fully saturated rings. The zero-order chi connectivity index (χ0) is 24.3. The second-order valence-electron chi connectivity index (χ2n) is 9.19. The highest BCUT2D eigenvalue weighted by Crippen LogP contribution is 2.26. The highest BCUT2D eigenvalue weighted by atomic mass is 19.1. The van der Waals surface area contributed by atoms with Crippen molar-refractivity contribution in [3.05, 3.63) is 76.6 Å². The van der Waals surface area contributed by atoms with Crippen LogP contribution in [0.15, 0.2) is 59.9 Å². The van der Waals surface area contributed by atoms with Crippen LogP contribution in [-0.2, 0) is 4.79 Å². The molecule has 2 amide bonds. The Bertz CT molecular complexity index is 1110. The molecule has 0 atom stereocenters.